The van der Waals surface area contributed by atoms with Crippen LogP contribution in [0.2, 0.25) is 0 Å². The molecule has 0 saturated heterocycles. The molecule has 0 unspecified atom stereocenters. The van der Waals surface area contributed by atoms with E-state index in [0.29, 0.717) is 23.3 Å². The third-order valence-electron chi connectivity index (χ3n) is 15.7. The fraction of sp³-hybridized carbons (Fsp3) is 0.138. The largest absolute Gasteiger partial charge is 0.276 e. The summed E-state index contributed by atoms with van der Waals surface area (Å²) in [5.74, 6) is 2.72. The lowest BCUT2D eigenvalue weighted by Gasteiger charge is -2.26. The molecule has 0 fully saturated rings. The molecule has 0 saturated carbocycles. The van der Waals surface area contributed by atoms with Gasteiger partial charge in [0.25, 0.3) is 0 Å². The van der Waals surface area contributed by atoms with E-state index in [1.165, 1.54) is 89.0 Å². The van der Waals surface area contributed by atoms with Crippen molar-refractivity contribution < 1.29 is 0 Å². The van der Waals surface area contributed by atoms with Crippen molar-refractivity contribution in [2.24, 2.45) is 0 Å². The number of fused-ring (bicyclic) bond motifs is 9. The highest BCUT2D eigenvalue weighted by molar-refractivity contribution is 5.89. The van der Waals surface area contributed by atoms with Crippen molar-refractivity contribution in [3.63, 3.8) is 0 Å². The van der Waals surface area contributed by atoms with Gasteiger partial charge in [-0.05, 0) is 113 Å². The maximum absolute atomic E-state index is 4.63. The van der Waals surface area contributed by atoms with Crippen LogP contribution < -0.4 is 9.80 Å². The van der Waals surface area contributed by atoms with E-state index in [0.717, 1.165) is 11.4 Å². The van der Waals surface area contributed by atoms with E-state index < -0.39 is 0 Å². The van der Waals surface area contributed by atoms with Crippen LogP contribution in [0.15, 0.2) is 184 Å². The molecule has 6 aromatic carbocycles. The quantitative estimate of drug-likeness (QED) is 0.123. The molecule has 0 spiro atoms. The molecule has 0 N–H and O–H groups in total. The number of aromatic nitrogens is 8. The second kappa shape index (κ2) is 17.4. The maximum atomic E-state index is 4.63. The van der Waals surface area contributed by atoms with Gasteiger partial charge < -0.3 is 0 Å². The van der Waals surface area contributed by atoms with Gasteiger partial charge in [-0.25, -0.2) is 19.9 Å². The van der Waals surface area contributed by atoms with Crippen LogP contribution in [0.1, 0.15) is 97.2 Å². The van der Waals surface area contributed by atoms with Crippen LogP contribution in [0.4, 0.5) is 34.6 Å². The summed E-state index contributed by atoms with van der Waals surface area (Å²) in [4.78, 5) is 39.9. The Morgan fingerprint density at radius 1 is 0.293 bits per heavy atom. The Hall–Kier alpha value is -9.28. The molecule has 13 rings (SSSR count). The third kappa shape index (κ3) is 7.63. The Morgan fingerprint density at radius 3 is 0.773 bits per heavy atom. The van der Waals surface area contributed by atoms with Gasteiger partial charge in [-0.1, -0.05) is 151 Å². The SMILES string of the molecule is CC1(C)c2cc(C=Cc3ccc4c(c3)C(C)(C)c3cc(N(c5cnccn5)c5cnccn5)ccc3-4)ccc2-c2ccc(C=Cc3ccc4c(c3)C(C)(C)c3cc(N(c5cnccn5)c5cnccn5)ccc3-4)cc21. The summed E-state index contributed by atoms with van der Waals surface area (Å²) < 4.78 is 0. The highest BCUT2D eigenvalue weighted by atomic mass is 15.3. The average Bonchev–Trinajstić information content (AvgIpc) is 4.05. The van der Waals surface area contributed by atoms with Gasteiger partial charge in [-0.15, -0.1) is 0 Å². The van der Waals surface area contributed by atoms with E-state index in [9.17, 15) is 0 Å². The predicted octanol–water partition coefficient (Wildman–Crippen LogP) is 15.0. The van der Waals surface area contributed by atoms with Crippen molar-refractivity contribution in [3.8, 4) is 33.4 Å². The first-order valence-electron chi connectivity index (χ1n) is 25.3. The molecule has 3 aliphatic rings. The Labute approximate surface area is 437 Å². The summed E-state index contributed by atoms with van der Waals surface area (Å²) in [7, 11) is 0. The second-order valence-corrected chi connectivity index (χ2v) is 21.1. The van der Waals surface area contributed by atoms with Crippen molar-refractivity contribution in [3.05, 3.63) is 239 Å². The monoisotopic (exact) mass is 972 g/mol. The third-order valence-corrected chi connectivity index (χ3v) is 15.7. The summed E-state index contributed by atoms with van der Waals surface area (Å²) in [6.07, 6.45) is 29.5. The van der Waals surface area contributed by atoms with Crippen LogP contribution in [0.25, 0.3) is 57.7 Å². The Morgan fingerprint density at radius 2 is 0.533 bits per heavy atom. The van der Waals surface area contributed by atoms with E-state index >= 15 is 0 Å². The lowest BCUT2D eigenvalue weighted by Crippen LogP contribution is -2.17. The molecular weight excluding hydrogens is 921 g/mol. The normalized spacial score (nSPS) is 14.7. The molecule has 10 aromatic rings. The molecular formula is C65H52N10. The first kappa shape index (κ1) is 45.6. The zero-order chi connectivity index (χ0) is 51.1. The second-order valence-electron chi connectivity index (χ2n) is 21.1. The molecule has 0 aliphatic heterocycles. The molecule has 3 aliphatic carbocycles. The number of hydrogen-bond donors (Lipinski definition) is 0. The van der Waals surface area contributed by atoms with E-state index in [-0.39, 0.29) is 16.2 Å². The molecule has 0 atom stereocenters. The van der Waals surface area contributed by atoms with Gasteiger partial charge in [-0.2, -0.15) is 0 Å². The van der Waals surface area contributed by atoms with Crippen molar-refractivity contribution in [2.75, 3.05) is 9.80 Å². The number of anilines is 6. The highest BCUT2D eigenvalue weighted by Crippen LogP contribution is 2.53. The molecule has 10 nitrogen and oxygen atoms in total. The smallest absolute Gasteiger partial charge is 0.157 e. The zero-order valence-corrected chi connectivity index (χ0v) is 42.6. The Bertz CT molecular complexity index is 3590. The summed E-state index contributed by atoms with van der Waals surface area (Å²) in [6, 6.07) is 40.9. The molecule has 75 heavy (non-hydrogen) atoms. The number of rotatable bonds is 10. The maximum Gasteiger partial charge on any atom is 0.157 e. The van der Waals surface area contributed by atoms with Crippen molar-refractivity contribution >= 4 is 59.0 Å². The topological polar surface area (TPSA) is 110 Å². The molecule has 0 bridgehead atoms. The van der Waals surface area contributed by atoms with Crippen LogP contribution in [-0.4, -0.2) is 39.9 Å². The molecule has 362 valence electrons. The molecule has 4 aromatic heterocycles. The number of nitrogens with zero attached hydrogens (tertiary/aromatic N) is 10. The molecule has 10 heteroatoms. The zero-order valence-electron chi connectivity index (χ0n) is 42.6. The van der Waals surface area contributed by atoms with Crippen LogP contribution in [0.3, 0.4) is 0 Å². The highest BCUT2D eigenvalue weighted by Gasteiger charge is 2.39. The van der Waals surface area contributed by atoms with E-state index in [1.54, 1.807) is 74.4 Å². The van der Waals surface area contributed by atoms with Gasteiger partial charge in [-0.3, -0.25) is 29.7 Å². The standard InChI is InChI=1S/C65H52N10/c1-63(2)53-31-41(7-9-43-13-19-49-51-21-15-45(35-57(51)64(3,4)55(49)33-43)74(59-37-66-23-27-70-59)60-38-67-24-28-71-60)11-17-47(53)48-18-12-42(32-54(48)63)8-10-44-14-20-50-52-22-16-46(36-58(52)65(5,6)56(50)34-44)75(61-39-68-25-29-72-61)62-40-69-26-30-73-62/h7-40H,1-6H3. The van der Waals surface area contributed by atoms with Crippen molar-refractivity contribution in [1.82, 2.24) is 39.9 Å². The van der Waals surface area contributed by atoms with Gasteiger partial charge in [0.2, 0.25) is 0 Å². The Balaban J connectivity index is 0.731. The fourth-order valence-corrected chi connectivity index (χ4v) is 11.7. The first-order chi connectivity index (χ1) is 36.4. The fourth-order valence-electron chi connectivity index (χ4n) is 11.7. The predicted molar refractivity (Wildman–Crippen MR) is 302 cm³/mol. The van der Waals surface area contributed by atoms with Crippen molar-refractivity contribution in [2.45, 2.75) is 57.8 Å². The average molecular weight is 973 g/mol. The van der Waals surface area contributed by atoms with E-state index in [2.05, 4.69) is 215 Å². The minimum atomic E-state index is -0.239. The van der Waals surface area contributed by atoms with Crippen LogP contribution >= 0.6 is 0 Å². The van der Waals surface area contributed by atoms with Gasteiger partial charge >= 0.3 is 0 Å². The van der Waals surface area contributed by atoms with Gasteiger partial charge in [0.15, 0.2) is 23.3 Å². The number of benzene rings is 6. The number of hydrogen-bond acceptors (Lipinski definition) is 10. The summed E-state index contributed by atoms with van der Waals surface area (Å²) in [6.45, 7) is 14.0. The summed E-state index contributed by atoms with van der Waals surface area (Å²) in [5, 5.41) is 0. The summed E-state index contributed by atoms with van der Waals surface area (Å²) in [5.41, 5.74) is 21.4. The van der Waals surface area contributed by atoms with Crippen LogP contribution in [0.5, 0.6) is 0 Å². The molecule has 0 amide bonds. The first-order valence-corrected chi connectivity index (χ1v) is 25.3. The van der Waals surface area contributed by atoms with Crippen LogP contribution in [-0.2, 0) is 16.2 Å². The van der Waals surface area contributed by atoms with E-state index in [1.807, 2.05) is 9.80 Å². The van der Waals surface area contributed by atoms with Crippen LogP contribution in [0, 0.1) is 0 Å². The van der Waals surface area contributed by atoms with Crippen molar-refractivity contribution in [1.29, 1.82) is 0 Å². The minimum absolute atomic E-state index is 0.172. The van der Waals surface area contributed by atoms with Gasteiger partial charge in [0.1, 0.15) is 0 Å². The molecule has 4 heterocycles. The van der Waals surface area contributed by atoms with E-state index in [4.69, 9.17) is 0 Å². The minimum Gasteiger partial charge on any atom is -0.276 e. The lowest BCUT2D eigenvalue weighted by molar-refractivity contribution is 0.660. The molecule has 0 radical (unpaired) electrons. The summed E-state index contributed by atoms with van der Waals surface area (Å²) >= 11 is 0. The lowest BCUT2D eigenvalue weighted by atomic mass is 9.81. The van der Waals surface area contributed by atoms with Gasteiger partial charge in [0, 0.05) is 77.2 Å². The Kier molecular flexibility index (Phi) is 10.6. The van der Waals surface area contributed by atoms with Gasteiger partial charge in [0.05, 0.1) is 24.8 Å².